The summed E-state index contributed by atoms with van der Waals surface area (Å²) >= 11 is 9.03. The van der Waals surface area contributed by atoms with Crippen LogP contribution in [0.2, 0.25) is 5.02 Å². The van der Waals surface area contributed by atoms with Crippen molar-refractivity contribution in [3.05, 3.63) is 193 Å². The fourth-order valence-electron chi connectivity index (χ4n) is 17.0. The molecule has 0 bridgehead atoms. The largest absolute Gasteiger partial charge is 0.417 e. The van der Waals surface area contributed by atoms with Gasteiger partial charge in [-0.2, -0.15) is 54.5 Å². The van der Waals surface area contributed by atoms with Gasteiger partial charge in [0.1, 0.15) is 46.5 Å². The monoisotopic (exact) mass is 1860 g/mol. The second-order valence-corrected chi connectivity index (χ2v) is 34.3. The lowest BCUT2D eigenvalue weighted by Crippen LogP contribution is -2.58. The minimum atomic E-state index is -4.98. The van der Waals surface area contributed by atoms with Crippen molar-refractivity contribution in [2.45, 2.75) is 123 Å². The van der Waals surface area contributed by atoms with Gasteiger partial charge in [0.25, 0.3) is 0 Å². The van der Waals surface area contributed by atoms with Gasteiger partial charge in [0.15, 0.2) is 0 Å². The third-order valence-electron chi connectivity index (χ3n) is 22.3. The summed E-state index contributed by atoms with van der Waals surface area (Å²) < 4.78 is 226. The first-order valence-corrected chi connectivity index (χ1v) is 43.4. The summed E-state index contributed by atoms with van der Waals surface area (Å²) in [6.07, 6.45) is -12.9. The minimum absolute atomic E-state index is 0.00906. The van der Waals surface area contributed by atoms with Gasteiger partial charge >= 0.3 is 35.6 Å². The number of thioether (sulfide) groups is 3. The van der Waals surface area contributed by atoms with Crippen molar-refractivity contribution in [1.82, 2.24) is 43.4 Å². The zero-order chi connectivity index (χ0) is 91.9. The maximum atomic E-state index is 15.2. The molecule has 0 spiro atoms. The maximum absolute atomic E-state index is 15.2. The zero-order valence-corrected chi connectivity index (χ0v) is 71.8. The van der Waals surface area contributed by atoms with Gasteiger partial charge in [0.05, 0.1) is 96.0 Å². The van der Waals surface area contributed by atoms with Crippen molar-refractivity contribution in [3.63, 3.8) is 0 Å². The standard InChI is InChI=1S/C29H30F5N5O3S.C29H31F4N5O3S.C27H25ClF5N5O3S/c1-4-23(40)39-15(2)11-37(12-16(39)3)27-20-10-21(29(32,33)34)24(19-6-5-17(30)9-22(19)31)26-25(20)38(28(41)36-27)13-18(14-43-26)42-8-7-35;1-4-23(39)38-16(2)12-36(13-17(38)3)27-21-11-22(29(31,32)33)24(18-5-7-19(30)8-6-18)26-25(21)37(28(40)35-27)14-20(15-42-26)41-10-9-34;1-2-21(39)36-4-6-37(7-5-36)25-16-9-17(27(31,32)33)22(15-10-18(28)20(30)11-19(15)29)24-23(16)38(26(40)35-25)12-14(13-42-24)41-8-3-34/h4-6,9-10,15-16,18H,1,7-8,11-14,35H2,2-3H3;4-8,11,16-17,20H,1,9-10,12-15,34H2,2-3H3;2,9-11,14H,1,3-8,12-13,34H2/t15-,16+,18?;16-,17+,20?;. The van der Waals surface area contributed by atoms with E-state index in [9.17, 15) is 81.5 Å². The quantitative estimate of drug-likeness (QED) is 0.0409. The topological polar surface area (TPSA) is 281 Å². The van der Waals surface area contributed by atoms with E-state index in [1.54, 1.807) is 38.3 Å². The van der Waals surface area contributed by atoms with E-state index in [1.165, 1.54) is 49.0 Å². The second-order valence-electron chi connectivity index (χ2n) is 30.8. The van der Waals surface area contributed by atoms with Crippen LogP contribution < -0.4 is 49.0 Å². The van der Waals surface area contributed by atoms with E-state index in [2.05, 4.69) is 34.7 Å². The molecule has 127 heavy (non-hydrogen) atoms. The number of carbonyl (C=O) groups excluding carboxylic acids is 3. The molecular weight excluding hydrogens is 1770 g/mol. The first-order chi connectivity index (χ1) is 60.2. The van der Waals surface area contributed by atoms with Crippen molar-refractivity contribution in [3.8, 4) is 33.4 Å². The Morgan fingerprint density at radius 2 is 0.795 bits per heavy atom. The van der Waals surface area contributed by atoms with Gasteiger partial charge < -0.3 is 60.8 Å². The Kier molecular flexibility index (Phi) is 28.8. The Bertz CT molecular complexity index is 5960. The molecule has 6 aliphatic rings. The number of aromatic nitrogens is 6. The summed E-state index contributed by atoms with van der Waals surface area (Å²) in [5, 5.41) is -0.333. The van der Waals surface area contributed by atoms with E-state index in [4.69, 9.17) is 43.0 Å². The van der Waals surface area contributed by atoms with Crippen LogP contribution >= 0.6 is 46.9 Å². The lowest BCUT2D eigenvalue weighted by atomic mass is 9.95. The van der Waals surface area contributed by atoms with Gasteiger partial charge in [0, 0.05) is 184 Å². The highest BCUT2D eigenvalue weighted by Gasteiger charge is 2.45. The van der Waals surface area contributed by atoms with E-state index < -0.39 is 127 Å². The summed E-state index contributed by atoms with van der Waals surface area (Å²) in [4.78, 5) is 101. The average molecular weight is 1860 g/mol. The lowest BCUT2D eigenvalue weighted by molar-refractivity contribution is -0.137. The van der Waals surface area contributed by atoms with Crippen LogP contribution in [0.3, 0.4) is 0 Å². The van der Waals surface area contributed by atoms with Crippen molar-refractivity contribution in [2.75, 3.05) is 124 Å². The number of rotatable bonds is 18. The van der Waals surface area contributed by atoms with Crippen molar-refractivity contribution >= 4 is 115 Å². The highest BCUT2D eigenvalue weighted by atomic mass is 35.5. The molecule has 3 amide bonds. The summed E-state index contributed by atoms with van der Waals surface area (Å²) in [6.45, 7) is 20.7. The van der Waals surface area contributed by atoms with Crippen LogP contribution in [0, 0.1) is 29.1 Å². The molecule has 0 radical (unpaired) electrons. The number of hydrogen-bond donors (Lipinski definition) is 3. The van der Waals surface area contributed by atoms with Crippen LogP contribution in [0.5, 0.6) is 0 Å². The van der Waals surface area contributed by atoms with Gasteiger partial charge in [-0.05, 0) is 100 Å². The summed E-state index contributed by atoms with van der Waals surface area (Å²) in [7, 11) is 0. The van der Waals surface area contributed by atoms with Crippen molar-refractivity contribution < 1.29 is 90.1 Å². The normalized spacial score (nSPS) is 19.7. The number of alkyl halides is 9. The Balaban J connectivity index is 0.000000163. The molecule has 9 heterocycles. The van der Waals surface area contributed by atoms with E-state index in [1.807, 2.05) is 13.8 Å². The number of hydrogen-bond acceptors (Lipinski definition) is 21. The molecule has 42 heteroatoms. The van der Waals surface area contributed by atoms with Gasteiger partial charge in [-0.3, -0.25) is 28.1 Å². The maximum Gasteiger partial charge on any atom is 0.417 e. The molecule has 24 nitrogen and oxygen atoms in total. The third kappa shape index (κ3) is 19.5. The second kappa shape index (κ2) is 38.7. The smallest absolute Gasteiger partial charge is 0.374 e. The molecule has 0 saturated carbocycles. The average Bonchev–Trinajstić information content (AvgIpc) is 1.72. The number of anilines is 3. The predicted octanol–water partition coefficient (Wildman–Crippen LogP) is 13.0. The first-order valence-electron chi connectivity index (χ1n) is 40.1. The Labute approximate surface area is 734 Å². The van der Waals surface area contributed by atoms with Gasteiger partial charge in [0.2, 0.25) is 17.7 Å². The van der Waals surface area contributed by atoms with Crippen LogP contribution in [0.15, 0.2) is 140 Å². The number of ether oxygens (including phenoxy) is 3. The fraction of sp³-hybridized carbons (Fsp3) is 0.400. The first kappa shape index (κ1) is 94.5. The molecule has 3 fully saturated rings. The molecule has 3 aromatic heterocycles. The van der Waals surface area contributed by atoms with Crippen molar-refractivity contribution in [1.29, 1.82) is 0 Å². The SMILES string of the molecule is C=CC(=O)N1CCN(c2nc(=O)n3c4c(c(-c5cc(Cl)c(F)cc5F)c(C(F)(F)F)cc24)SCC(OCCN)C3)CC1.C=CC(=O)N1[C@H](C)CN(c2nc(=O)n3c4c(c(-c5ccc(F)cc5)c(C(F)(F)F)cc24)SCC(OCCN)C3)C[C@@H]1C.C=CC(=O)N1[C@H](C)CN(c2nc(=O)n3c4c(c(-c5ccc(F)cc5F)c(C(F)(F)F)cc24)SCC(OCCN)C3)C[C@@H]1C. The lowest BCUT2D eigenvalue weighted by Gasteiger charge is -2.44. The number of nitrogens with two attached hydrogens (primary N) is 3. The van der Waals surface area contributed by atoms with E-state index in [0.29, 0.717) is 17.6 Å². The Morgan fingerprint density at radius 3 is 1.16 bits per heavy atom. The summed E-state index contributed by atoms with van der Waals surface area (Å²) in [5.41, 5.74) is 9.97. The van der Waals surface area contributed by atoms with Crippen molar-refractivity contribution in [2.24, 2.45) is 17.2 Å². The van der Waals surface area contributed by atoms with Gasteiger partial charge in [-0.15, -0.1) is 35.3 Å². The molecule has 9 aromatic rings. The zero-order valence-electron chi connectivity index (χ0n) is 68.6. The molecule has 0 aliphatic carbocycles. The molecular formula is C85H86ClF14N15O9S3. The number of carbonyl (C=O) groups is 3. The summed E-state index contributed by atoms with van der Waals surface area (Å²) in [5.74, 6) is -5.22. The van der Waals surface area contributed by atoms with Crippen LogP contribution in [0.4, 0.5) is 78.9 Å². The molecule has 7 atom stereocenters. The number of benzene rings is 6. The predicted molar refractivity (Wildman–Crippen MR) is 458 cm³/mol. The molecule has 6 aliphatic heterocycles. The Morgan fingerprint density at radius 1 is 0.449 bits per heavy atom. The van der Waals surface area contributed by atoms with E-state index in [0.717, 1.165) is 83.8 Å². The molecule has 678 valence electrons. The molecule has 3 unspecified atom stereocenters. The molecule has 3 saturated heterocycles. The number of piperazine rings is 3. The third-order valence-corrected chi connectivity index (χ3v) is 26.3. The highest BCUT2D eigenvalue weighted by molar-refractivity contribution is 8.00. The van der Waals surface area contributed by atoms with Gasteiger partial charge in [-0.1, -0.05) is 43.5 Å². The molecule has 6 N–H and O–H groups in total. The van der Waals surface area contributed by atoms with E-state index in [-0.39, 0.29) is 241 Å². The highest BCUT2D eigenvalue weighted by Crippen LogP contribution is 2.54. The number of amides is 3. The fourth-order valence-corrected chi connectivity index (χ4v) is 21.0. The number of nitrogens with zero attached hydrogens (tertiary/aromatic N) is 12. The van der Waals surface area contributed by atoms with Crippen LogP contribution in [-0.2, 0) is 66.8 Å². The molecule has 6 aromatic carbocycles. The summed E-state index contributed by atoms with van der Waals surface area (Å²) in [6, 6.07) is 9.82. The molecule has 15 rings (SSSR count). The minimum Gasteiger partial charge on any atom is -0.374 e. The van der Waals surface area contributed by atoms with Crippen LogP contribution in [0.25, 0.3) is 66.1 Å². The Hall–Kier alpha value is -10.1. The van der Waals surface area contributed by atoms with Crippen LogP contribution in [0.1, 0.15) is 44.4 Å². The number of halogens is 15. The van der Waals surface area contributed by atoms with E-state index >= 15 is 8.78 Å². The van der Waals surface area contributed by atoms with Gasteiger partial charge in [-0.25, -0.2) is 36.3 Å². The van der Waals surface area contributed by atoms with Crippen LogP contribution in [-0.4, -0.2) is 213 Å².